The van der Waals surface area contributed by atoms with Gasteiger partial charge in [0, 0.05) is 5.33 Å². The van der Waals surface area contributed by atoms with Gasteiger partial charge in [-0.3, -0.25) is 4.79 Å². The molecular weight excluding hydrogens is 264 g/mol. The van der Waals surface area contributed by atoms with E-state index in [9.17, 15) is 4.79 Å². The molecule has 4 heteroatoms. The zero-order chi connectivity index (χ0) is 7.98. The van der Waals surface area contributed by atoms with E-state index in [1.807, 2.05) is 0 Å². The van der Waals surface area contributed by atoms with Crippen molar-refractivity contribution in [2.24, 2.45) is 0 Å². The van der Waals surface area contributed by atoms with Crippen molar-refractivity contribution in [2.75, 3.05) is 12.4 Å². The van der Waals surface area contributed by atoms with Gasteiger partial charge < -0.3 is 4.74 Å². The zero-order valence-corrected chi connectivity index (χ0v) is 8.94. The lowest BCUT2D eigenvalue weighted by Crippen LogP contribution is -2.15. The lowest BCUT2D eigenvalue weighted by Gasteiger charge is -2.04. The molecule has 0 aliphatic carbocycles. The Balaban J connectivity index is 3.41. The molecule has 0 heterocycles. The van der Waals surface area contributed by atoms with Gasteiger partial charge in [0.2, 0.25) is 0 Å². The SMILES string of the molecule is COC(=O)[C@H](Br)CCCBr. The average molecular weight is 274 g/mol. The van der Waals surface area contributed by atoms with E-state index in [-0.39, 0.29) is 10.8 Å². The molecule has 0 bridgehead atoms. The summed E-state index contributed by atoms with van der Waals surface area (Å²) >= 11 is 6.49. The molecule has 0 spiro atoms. The number of methoxy groups -OCH3 is 1. The third-order valence-corrected chi connectivity index (χ3v) is 2.44. The molecule has 0 unspecified atom stereocenters. The highest BCUT2D eigenvalue weighted by Gasteiger charge is 2.13. The summed E-state index contributed by atoms with van der Waals surface area (Å²) in [6.07, 6.45) is 1.79. The van der Waals surface area contributed by atoms with Crippen molar-refractivity contribution in [1.29, 1.82) is 0 Å². The van der Waals surface area contributed by atoms with Crippen LogP contribution in [-0.2, 0) is 9.53 Å². The zero-order valence-electron chi connectivity index (χ0n) is 5.77. The number of alkyl halides is 2. The number of ether oxygens (including phenoxy) is 1. The molecule has 0 rings (SSSR count). The van der Waals surface area contributed by atoms with Gasteiger partial charge in [-0.05, 0) is 12.8 Å². The van der Waals surface area contributed by atoms with Crippen LogP contribution in [0.15, 0.2) is 0 Å². The van der Waals surface area contributed by atoms with Gasteiger partial charge in [0.15, 0.2) is 0 Å². The van der Waals surface area contributed by atoms with Crippen LogP contribution in [0.1, 0.15) is 12.8 Å². The van der Waals surface area contributed by atoms with Crippen LogP contribution in [-0.4, -0.2) is 23.2 Å². The minimum Gasteiger partial charge on any atom is -0.468 e. The number of carbonyl (C=O) groups excluding carboxylic acids is 1. The molecule has 0 saturated heterocycles. The van der Waals surface area contributed by atoms with E-state index in [1.165, 1.54) is 7.11 Å². The molecule has 0 amide bonds. The first-order valence-electron chi connectivity index (χ1n) is 3.00. The lowest BCUT2D eigenvalue weighted by atomic mass is 10.2. The first-order valence-corrected chi connectivity index (χ1v) is 5.04. The Morgan fingerprint density at radius 3 is 2.70 bits per heavy atom. The van der Waals surface area contributed by atoms with Gasteiger partial charge >= 0.3 is 5.97 Å². The first kappa shape index (κ1) is 10.4. The van der Waals surface area contributed by atoms with Crippen molar-refractivity contribution in [3.05, 3.63) is 0 Å². The first-order chi connectivity index (χ1) is 4.72. The van der Waals surface area contributed by atoms with E-state index < -0.39 is 0 Å². The number of hydrogen-bond donors (Lipinski definition) is 0. The van der Waals surface area contributed by atoms with Crippen molar-refractivity contribution in [3.8, 4) is 0 Å². The maximum absolute atomic E-state index is 10.7. The predicted octanol–water partition coefficient (Wildman–Crippen LogP) is 2.10. The summed E-state index contributed by atoms with van der Waals surface area (Å²) < 4.78 is 4.51. The van der Waals surface area contributed by atoms with Crippen molar-refractivity contribution >= 4 is 37.8 Å². The summed E-state index contributed by atoms with van der Waals surface area (Å²) in [5.74, 6) is -0.194. The molecular formula is C6H10Br2O2. The summed E-state index contributed by atoms with van der Waals surface area (Å²) in [4.78, 5) is 10.6. The molecule has 0 fully saturated rings. The number of rotatable bonds is 4. The van der Waals surface area contributed by atoms with Gasteiger partial charge in [-0.2, -0.15) is 0 Å². The number of halogens is 2. The Kier molecular flexibility index (Phi) is 6.43. The highest BCUT2D eigenvalue weighted by Crippen LogP contribution is 2.10. The highest BCUT2D eigenvalue weighted by atomic mass is 79.9. The Hall–Kier alpha value is 0.430. The fourth-order valence-electron chi connectivity index (χ4n) is 0.502. The van der Waals surface area contributed by atoms with Crippen LogP contribution in [0.5, 0.6) is 0 Å². The fraction of sp³-hybridized carbons (Fsp3) is 0.833. The van der Waals surface area contributed by atoms with E-state index in [2.05, 4.69) is 36.6 Å². The van der Waals surface area contributed by atoms with E-state index in [0.29, 0.717) is 0 Å². The fourth-order valence-corrected chi connectivity index (χ4v) is 1.34. The molecule has 60 valence electrons. The second-order valence-electron chi connectivity index (χ2n) is 1.82. The van der Waals surface area contributed by atoms with Crippen LogP contribution < -0.4 is 0 Å². The highest BCUT2D eigenvalue weighted by molar-refractivity contribution is 9.10. The van der Waals surface area contributed by atoms with E-state index in [1.54, 1.807) is 0 Å². The number of hydrogen-bond acceptors (Lipinski definition) is 2. The topological polar surface area (TPSA) is 26.3 Å². The van der Waals surface area contributed by atoms with Crippen molar-refractivity contribution < 1.29 is 9.53 Å². The van der Waals surface area contributed by atoms with Gasteiger partial charge in [0.25, 0.3) is 0 Å². The van der Waals surface area contributed by atoms with Crippen LogP contribution >= 0.6 is 31.9 Å². The Labute approximate surface area is 77.6 Å². The van der Waals surface area contributed by atoms with E-state index in [4.69, 9.17) is 0 Å². The minimum atomic E-state index is -0.194. The van der Waals surface area contributed by atoms with E-state index in [0.717, 1.165) is 18.2 Å². The molecule has 0 N–H and O–H groups in total. The predicted molar refractivity (Wildman–Crippen MR) is 47.8 cm³/mol. The van der Waals surface area contributed by atoms with Gasteiger partial charge in [0.1, 0.15) is 4.83 Å². The smallest absolute Gasteiger partial charge is 0.319 e. The maximum atomic E-state index is 10.7. The molecule has 0 aromatic carbocycles. The molecule has 0 aliphatic heterocycles. The van der Waals surface area contributed by atoms with Crippen LogP contribution in [0.4, 0.5) is 0 Å². The molecule has 0 aromatic rings. The summed E-state index contributed by atoms with van der Waals surface area (Å²) in [6, 6.07) is 0. The number of esters is 1. The molecule has 2 nitrogen and oxygen atoms in total. The lowest BCUT2D eigenvalue weighted by molar-refractivity contribution is -0.139. The molecule has 10 heavy (non-hydrogen) atoms. The molecule has 0 aromatic heterocycles. The third-order valence-electron chi connectivity index (χ3n) is 1.05. The maximum Gasteiger partial charge on any atom is 0.319 e. The summed E-state index contributed by atoms with van der Waals surface area (Å²) in [5, 5.41) is 0.923. The Morgan fingerprint density at radius 2 is 2.30 bits per heavy atom. The van der Waals surface area contributed by atoms with Crippen molar-refractivity contribution in [3.63, 3.8) is 0 Å². The third kappa shape index (κ3) is 4.28. The van der Waals surface area contributed by atoms with Gasteiger partial charge in [-0.1, -0.05) is 31.9 Å². The van der Waals surface area contributed by atoms with Crippen LogP contribution in [0.25, 0.3) is 0 Å². The quantitative estimate of drug-likeness (QED) is 0.579. The number of carbonyl (C=O) groups is 1. The standard InChI is InChI=1S/C6H10Br2O2/c1-10-6(9)5(8)3-2-4-7/h5H,2-4H2,1H3/t5-/m1/s1. The van der Waals surface area contributed by atoms with Crippen LogP contribution in [0.3, 0.4) is 0 Å². The average Bonchev–Trinajstić information content (AvgIpc) is 1.98. The minimum absolute atomic E-state index is 0.143. The summed E-state index contributed by atoms with van der Waals surface area (Å²) in [5.41, 5.74) is 0. The summed E-state index contributed by atoms with van der Waals surface area (Å²) in [6.45, 7) is 0. The van der Waals surface area contributed by atoms with Crippen molar-refractivity contribution in [2.45, 2.75) is 17.7 Å². The monoisotopic (exact) mass is 272 g/mol. The molecule has 1 atom stereocenters. The molecule has 0 saturated carbocycles. The largest absolute Gasteiger partial charge is 0.468 e. The normalized spacial score (nSPS) is 12.7. The van der Waals surface area contributed by atoms with E-state index >= 15 is 0 Å². The Morgan fingerprint density at radius 1 is 1.70 bits per heavy atom. The van der Waals surface area contributed by atoms with Gasteiger partial charge in [0.05, 0.1) is 7.11 Å². The molecule has 0 aliphatic rings. The second-order valence-corrected chi connectivity index (χ2v) is 3.72. The molecule has 0 radical (unpaired) electrons. The summed E-state index contributed by atoms with van der Waals surface area (Å²) in [7, 11) is 1.39. The van der Waals surface area contributed by atoms with Crippen molar-refractivity contribution in [1.82, 2.24) is 0 Å². The Bertz CT molecular complexity index is 106. The van der Waals surface area contributed by atoms with Crippen LogP contribution in [0, 0.1) is 0 Å². The second kappa shape index (κ2) is 6.16. The van der Waals surface area contributed by atoms with Gasteiger partial charge in [-0.25, -0.2) is 0 Å². The van der Waals surface area contributed by atoms with Gasteiger partial charge in [-0.15, -0.1) is 0 Å². The van der Waals surface area contributed by atoms with Crippen LogP contribution in [0.2, 0.25) is 0 Å².